The van der Waals surface area contributed by atoms with E-state index in [0.717, 1.165) is 116 Å². The van der Waals surface area contributed by atoms with Crippen LogP contribution >= 0.6 is 0 Å². The van der Waals surface area contributed by atoms with E-state index in [4.69, 9.17) is 27.2 Å². The minimum atomic E-state index is -0.418. The van der Waals surface area contributed by atoms with E-state index in [1.54, 1.807) is 29.2 Å². The number of halogens is 2. The summed E-state index contributed by atoms with van der Waals surface area (Å²) in [6.07, 6.45) is 20.7. The quantitative estimate of drug-likeness (QED) is 0.109. The molecule has 4 aliphatic rings. The maximum atomic E-state index is 15.8. The maximum Gasteiger partial charge on any atom is 0.159 e. The van der Waals surface area contributed by atoms with Gasteiger partial charge in [0.2, 0.25) is 0 Å². The van der Waals surface area contributed by atoms with E-state index in [2.05, 4.69) is 108 Å². The highest BCUT2D eigenvalue weighted by atomic mass is 19.1. The second kappa shape index (κ2) is 24.7. The zero-order chi connectivity index (χ0) is 65.3. The molecule has 15 aromatic rings. The van der Waals surface area contributed by atoms with E-state index in [0.29, 0.717) is 79.7 Å². The molecular formula is C77H66F2N18. The van der Waals surface area contributed by atoms with Crippen molar-refractivity contribution < 1.29 is 8.78 Å². The van der Waals surface area contributed by atoms with Gasteiger partial charge in [-0.2, -0.15) is 5.10 Å². The summed E-state index contributed by atoms with van der Waals surface area (Å²) < 4.78 is 37.8. The van der Waals surface area contributed by atoms with Gasteiger partial charge in [0.1, 0.15) is 70.0 Å². The van der Waals surface area contributed by atoms with Crippen LogP contribution in [-0.4, -0.2) is 93.1 Å². The summed E-state index contributed by atoms with van der Waals surface area (Å²) in [5.41, 5.74) is 31.3. The molecule has 19 rings (SSSR count). The molecule has 3 aliphatic carbocycles. The minimum absolute atomic E-state index is 0.284. The first kappa shape index (κ1) is 59.2. The number of imidazole rings is 1. The largest absolute Gasteiger partial charge is 0.383 e. The Balaban J connectivity index is 0.000000110. The minimum Gasteiger partial charge on any atom is -0.383 e. The van der Waals surface area contributed by atoms with Crippen molar-refractivity contribution in [2.24, 2.45) is 5.92 Å². The molecule has 10 heterocycles. The molecule has 3 saturated carbocycles. The highest BCUT2D eigenvalue weighted by Gasteiger charge is 2.35. The van der Waals surface area contributed by atoms with E-state index in [1.165, 1.54) is 58.0 Å². The van der Waals surface area contributed by atoms with E-state index in [1.807, 2.05) is 109 Å². The predicted molar refractivity (Wildman–Crippen MR) is 378 cm³/mol. The van der Waals surface area contributed by atoms with Crippen LogP contribution in [0.5, 0.6) is 0 Å². The molecule has 6 aromatic carbocycles. The molecule has 0 atom stereocenters. The predicted octanol–water partition coefficient (Wildman–Crippen LogP) is 15.7. The van der Waals surface area contributed by atoms with Crippen molar-refractivity contribution in [3.8, 4) is 67.4 Å². The molecule has 0 spiro atoms. The van der Waals surface area contributed by atoms with Gasteiger partial charge in [-0.1, -0.05) is 140 Å². The van der Waals surface area contributed by atoms with Crippen LogP contribution in [0.4, 0.5) is 26.2 Å². The first-order valence-electron chi connectivity index (χ1n) is 33.2. The van der Waals surface area contributed by atoms with Gasteiger partial charge in [0.05, 0.1) is 27.7 Å². The zero-order valence-electron chi connectivity index (χ0n) is 53.0. The van der Waals surface area contributed by atoms with Crippen LogP contribution < -0.4 is 17.2 Å². The summed E-state index contributed by atoms with van der Waals surface area (Å²) in [7, 11) is 0. The number of benzene rings is 6. The van der Waals surface area contributed by atoms with Crippen molar-refractivity contribution in [1.82, 2.24) is 73.5 Å². The second-order valence-corrected chi connectivity index (χ2v) is 25.9. The Morgan fingerprint density at radius 2 is 1.04 bits per heavy atom. The van der Waals surface area contributed by atoms with Gasteiger partial charge in [-0.3, -0.25) is 0 Å². The lowest BCUT2D eigenvalue weighted by atomic mass is 9.79. The van der Waals surface area contributed by atoms with E-state index in [9.17, 15) is 0 Å². The summed E-state index contributed by atoms with van der Waals surface area (Å²) in [4.78, 5) is 47.7. The van der Waals surface area contributed by atoms with Gasteiger partial charge in [0, 0.05) is 98.2 Å². The number of nitrogens with zero attached hydrogens (tertiary/aromatic N) is 15. The number of rotatable bonds is 11. The Labute approximate surface area is 556 Å². The van der Waals surface area contributed by atoms with Gasteiger partial charge in [-0.15, -0.1) is 0 Å². The normalized spacial score (nSPS) is 16.4. The van der Waals surface area contributed by atoms with Crippen molar-refractivity contribution in [1.29, 1.82) is 0 Å². The lowest BCUT2D eigenvalue weighted by molar-refractivity contribution is 0.0921. The standard InChI is InChI=1S/C29H28N6.2C24H19FN6/c30-28-27-24(17-35(29(27)32-18-31-28)23-13-19(14-23)16-34-11-4-12-34)22-8-7-21-9-10-25(33-26(21)15-22)20-5-2-1-3-6-20;25-19-17(11-9-15-10-12-18(29-20(15)19)14-5-2-1-3-6-14)21-22-23(26)27-13-28-31(22)24(30-21)16-7-4-8-16;25-20-17(10-9-15-11-27-23(30-21(15)20)14-5-2-1-3-6-14)18-12-31(16-7-4-8-16)24-19(18)22(26)28-13-29-24/h1-3,5-10,15,17-19,23H,4,11-14,16H2,(H2,30,31,32);1-3,5-6,9-13,16H,4,7-8H2,(H2,26,27,28);1-3,5-6,9-13,16H,4,7-8H2,(H2,26,28,29). The number of likely N-dealkylation sites (tertiary alicyclic amines) is 1. The van der Waals surface area contributed by atoms with Crippen molar-refractivity contribution in [3.05, 3.63) is 213 Å². The topological polar surface area (TPSA) is 237 Å². The fourth-order valence-corrected chi connectivity index (χ4v) is 14.1. The van der Waals surface area contributed by atoms with Gasteiger partial charge < -0.3 is 31.2 Å². The number of pyridine rings is 2. The lowest BCUT2D eigenvalue weighted by Crippen LogP contribution is -2.43. The molecule has 0 amide bonds. The van der Waals surface area contributed by atoms with E-state index in [-0.39, 0.29) is 11.3 Å². The Morgan fingerprint density at radius 1 is 0.464 bits per heavy atom. The number of fused-ring (bicyclic) bond motifs is 6. The first-order chi connectivity index (χ1) is 47.6. The molecule has 478 valence electrons. The Bertz CT molecular complexity index is 5270. The fraction of sp³-hybridized carbons (Fsp3) is 0.208. The third-order valence-electron chi connectivity index (χ3n) is 20.0. The van der Waals surface area contributed by atoms with Gasteiger partial charge in [-0.05, 0) is 100 Å². The van der Waals surface area contributed by atoms with Crippen molar-refractivity contribution in [2.45, 2.75) is 75.8 Å². The van der Waals surface area contributed by atoms with Crippen LogP contribution in [-0.2, 0) is 0 Å². The Morgan fingerprint density at radius 3 is 1.70 bits per heavy atom. The number of anilines is 3. The molecule has 6 N–H and O–H groups in total. The third kappa shape index (κ3) is 10.8. The maximum absolute atomic E-state index is 15.8. The molecule has 0 bridgehead atoms. The smallest absolute Gasteiger partial charge is 0.159 e. The number of hydrogen-bond acceptors (Lipinski definition) is 15. The fourth-order valence-electron chi connectivity index (χ4n) is 14.1. The molecule has 18 nitrogen and oxygen atoms in total. The number of nitrogens with two attached hydrogens (primary N) is 3. The summed E-state index contributed by atoms with van der Waals surface area (Å²) in [6, 6.07) is 52.1. The first-order valence-corrected chi connectivity index (χ1v) is 33.2. The van der Waals surface area contributed by atoms with Gasteiger partial charge >= 0.3 is 0 Å². The van der Waals surface area contributed by atoms with Crippen LogP contribution in [0.2, 0.25) is 0 Å². The molecule has 1 aliphatic heterocycles. The van der Waals surface area contributed by atoms with Gasteiger partial charge in [0.15, 0.2) is 23.3 Å². The summed E-state index contributed by atoms with van der Waals surface area (Å²) in [6.45, 7) is 3.77. The van der Waals surface area contributed by atoms with Crippen molar-refractivity contribution in [3.63, 3.8) is 0 Å². The van der Waals surface area contributed by atoms with Crippen LogP contribution in [0, 0.1) is 17.6 Å². The number of nitrogen functional groups attached to an aromatic ring is 3. The van der Waals surface area contributed by atoms with Crippen LogP contribution in [0.25, 0.3) is 128 Å². The molecule has 0 unspecified atom stereocenters. The lowest BCUT2D eigenvalue weighted by Gasteiger charge is -2.42. The van der Waals surface area contributed by atoms with Crippen molar-refractivity contribution >= 4 is 77.7 Å². The zero-order valence-corrected chi connectivity index (χ0v) is 53.0. The summed E-state index contributed by atoms with van der Waals surface area (Å²) >= 11 is 0. The summed E-state index contributed by atoms with van der Waals surface area (Å²) in [5, 5.41) is 8.48. The molecule has 0 radical (unpaired) electrons. The average Bonchev–Trinajstić information content (AvgIpc) is 1.65. The number of aromatic nitrogens is 14. The SMILES string of the molecule is Nc1ncnc2c1c(-c1ccc3ccc(-c4ccccc4)nc3c1)cn2C1CC(CN2CCC2)C1.Nc1ncnc2c1c(-c1ccc3cnc(-c4ccccc4)nc3c1F)cn2C1CCC1.Nc1ncnn2c(C3CCC3)nc(-c3ccc4ccc(-c5ccccc5)nc4c3F)c12. The third-order valence-corrected chi connectivity index (χ3v) is 20.0. The molecule has 20 heteroatoms. The molecule has 1 saturated heterocycles. The van der Waals surface area contributed by atoms with Gasteiger partial charge in [0.25, 0.3) is 0 Å². The van der Waals surface area contributed by atoms with Crippen LogP contribution in [0.15, 0.2) is 195 Å². The van der Waals surface area contributed by atoms with Crippen LogP contribution in [0.3, 0.4) is 0 Å². The van der Waals surface area contributed by atoms with E-state index >= 15 is 8.78 Å². The Hall–Kier alpha value is -11.5. The number of hydrogen-bond donors (Lipinski definition) is 3. The summed E-state index contributed by atoms with van der Waals surface area (Å²) in [5.74, 6) is 2.75. The highest BCUT2D eigenvalue weighted by Crippen LogP contribution is 2.46. The molecular weight excluding hydrogens is 1210 g/mol. The average molecular weight is 1280 g/mol. The second-order valence-electron chi connectivity index (χ2n) is 25.9. The Kier molecular flexibility index (Phi) is 15.1. The molecule has 4 fully saturated rings. The molecule has 97 heavy (non-hydrogen) atoms. The van der Waals surface area contributed by atoms with Gasteiger partial charge in [-0.25, -0.2) is 63.1 Å². The van der Waals surface area contributed by atoms with Crippen LogP contribution in [0.1, 0.15) is 81.6 Å². The highest BCUT2D eigenvalue weighted by molar-refractivity contribution is 6.04. The molecule has 9 aromatic heterocycles. The monoisotopic (exact) mass is 1280 g/mol. The van der Waals surface area contributed by atoms with E-state index < -0.39 is 11.6 Å². The van der Waals surface area contributed by atoms with Crippen molar-refractivity contribution in [2.75, 3.05) is 36.8 Å².